The predicted molar refractivity (Wildman–Crippen MR) is 109 cm³/mol. The van der Waals surface area contributed by atoms with E-state index in [1.807, 2.05) is 54.8 Å². The van der Waals surface area contributed by atoms with Crippen LogP contribution < -0.4 is 5.32 Å². The predicted octanol–water partition coefficient (Wildman–Crippen LogP) is 2.70. The van der Waals surface area contributed by atoms with Crippen LogP contribution in [0.3, 0.4) is 0 Å². The third-order valence-electron chi connectivity index (χ3n) is 4.03. The Kier molecular flexibility index (Phi) is 6.40. The summed E-state index contributed by atoms with van der Waals surface area (Å²) in [6, 6.07) is 10.1. The number of aromatic nitrogens is 3. The number of fused-ring (bicyclic) bond motifs is 1. The second kappa shape index (κ2) is 8.32. The van der Waals surface area contributed by atoms with Gasteiger partial charge in [-0.15, -0.1) is 34.2 Å². The van der Waals surface area contributed by atoms with Crippen LogP contribution in [0, 0.1) is 6.92 Å². The van der Waals surface area contributed by atoms with E-state index in [1.54, 1.807) is 7.05 Å². The smallest absolute Gasteiger partial charge is 0.194 e. The summed E-state index contributed by atoms with van der Waals surface area (Å²) >= 11 is 0. The van der Waals surface area contributed by atoms with E-state index in [-0.39, 0.29) is 24.0 Å². The average molecular weight is 454 g/mol. The number of aliphatic imine (C=N–C) groups is 1. The van der Waals surface area contributed by atoms with Gasteiger partial charge in [0.15, 0.2) is 11.8 Å². The van der Waals surface area contributed by atoms with Gasteiger partial charge < -0.3 is 19.2 Å². The maximum absolute atomic E-state index is 5.87. The van der Waals surface area contributed by atoms with Crippen LogP contribution in [0.4, 0.5) is 0 Å². The van der Waals surface area contributed by atoms with Gasteiger partial charge in [0.25, 0.3) is 0 Å². The fourth-order valence-electron chi connectivity index (χ4n) is 2.57. The monoisotopic (exact) mass is 454 g/mol. The molecule has 0 aliphatic carbocycles. The van der Waals surface area contributed by atoms with Crippen LogP contribution in [0.15, 0.2) is 39.7 Å². The Hall–Kier alpha value is -2.10. The molecule has 1 aromatic carbocycles. The summed E-state index contributed by atoms with van der Waals surface area (Å²) in [5.74, 6) is 3.43. The second-order valence-electron chi connectivity index (χ2n) is 5.73. The van der Waals surface area contributed by atoms with Gasteiger partial charge in [-0.05, 0) is 19.1 Å². The lowest BCUT2D eigenvalue weighted by atomic mass is 10.2. The summed E-state index contributed by atoms with van der Waals surface area (Å²) in [6.07, 6.45) is 0. The summed E-state index contributed by atoms with van der Waals surface area (Å²) in [4.78, 5) is 6.34. The van der Waals surface area contributed by atoms with Crippen LogP contribution in [0.1, 0.15) is 17.4 Å². The van der Waals surface area contributed by atoms with E-state index in [0.717, 1.165) is 34.3 Å². The molecule has 3 rings (SSSR count). The first-order valence-corrected chi connectivity index (χ1v) is 7.82. The largest absolute Gasteiger partial charge is 0.459 e. The van der Waals surface area contributed by atoms with E-state index in [1.165, 1.54) is 0 Å². The van der Waals surface area contributed by atoms with Gasteiger partial charge in [0.2, 0.25) is 0 Å². The topological polar surface area (TPSA) is 71.5 Å². The molecule has 3 aromatic rings. The minimum atomic E-state index is 0. The number of halogens is 1. The van der Waals surface area contributed by atoms with Crippen molar-refractivity contribution in [2.24, 2.45) is 12.0 Å². The third-order valence-corrected chi connectivity index (χ3v) is 4.03. The molecule has 1 N–H and O–H groups in total. The van der Waals surface area contributed by atoms with Crippen molar-refractivity contribution in [2.45, 2.75) is 20.0 Å². The Morgan fingerprint density at radius 1 is 1.32 bits per heavy atom. The van der Waals surface area contributed by atoms with Gasteiger partial charge in [0.05, 0.1) is 13.1 Å². The number of hydrogen-bond acceptors (Lipinski definition) is 4. The molecule has 2 heterocycles. The van der Waals surface area contributed by atoms with Crippen LogP contribution >= 0.6 is 24.0 Å². The number of guanidine groups is 1. The number of para-hydroxylation sites is 1. The number of rotatable bonds is 4. The maximum Gasteiger partial charge on any atom is 0.194 e. The van der Waals surface area contributed by atoms with E-state index in [9.17, 15) is 0 Å². The molecule has 2 aromatic heterocycles. The first-order valence-electron chi connectivity index (χ1n) is 7.82. The lowest BCUT2D eigenvalue weighted by Crippen LogP contribution is -2.38. The van der Waals surface area contributed by atoms with Crippen molar-refractivity contribution in [1.82, 2.24) is 25.0 Å². The van der Waals surface area contributed by atoms with Gasteiger partial charge in [-0.25, -0.2) is 0 Å². The van der Waals surface area contributed by atoms with Crippen LogP contribution in [0.25, 0.3) is 11.0 Å². The molecule has 0 radical (unpaired) electrons. The fourth-order valence-corrected chi connectivity index (χ4v) is 2.57. The highest BCUT2D eigenvalue weighted by Crippen LogP contribution is 2.19. The molecule has 0 saturated heterocycles. The molecule has 0 aliphatic rings. The average Bonchev–Trinajstić information content (AvgIpc) is 3.12. The molecule has 0 aliphatic heterocycles. The summed E-state index contributed by atoms with van der Waals surface area (Å²) in [6.45, 7) is 3.12. The molecule has 0 unspecified atom stereocenters. The Morgan fingerprint density at radius 2 is 2.08 bits per heavy atom. The summed E-state index contributed by atoms with van der Waals surface area (Å²) in [5.41, 5.74) is 0.901. The zero-order chi connectivity index (χ0) is 17.1. The van der Waals surface area contributed by atoms with Crippen molar-refractivity contribution in [2.75, 3.05) is 14.1 Å². The van der Waals surface area contributed by atoms with Crippen LogP contribution in [-0.2, 0) is 20.1 Å². The first kappa shape index (κ1) is 19.2. The lowest BCUT2D eigenvalue weighted by molar-refractivity contribution is 0.411. The molecule has 0 spiro atoms. The number of nitrogens with one attached hydrogen (secondary N) is 1. The number of hydrogen-bond donors (Lipinski definition) is 1. The van der Waals surface area contributed by atoms with Crippen molar-refractivity contribution in [1.29, 1.82) is 0 Å². The van der Waals surface area contributed by atoms with Crippen molar-refractivity contribution >= 4 is 40.9 Å². The van der Waals surface area contributed by atoms with Gasteiger partial charge in [0, 0.05) is 26.5 Å². The minimum absolute atomic E-state index is 0. The number of furan rings is 1. The van der Waals surface area contributed by atoms with Gasteiger partial charge in [-0.3, -0.25) is 4.99 Å². The van der Waals surface area contributed by atoms with E-state index in [2.05, 4.69) is 26.6 Å². The zero-order valence-electron chi connectivity index (χ0n) is 14.9. The normalized spacial score (nSPS) is 11.4. The molecular formula is C17H23IN6O. The van der Waals surface area contributed by atoms with Crippen LogP contribution in [0.2, 0.25) is 0 Å². The lowest BCUT2D eigenvalue weighted by Gasteiger charge is -2.20. The standard InChI is InChI=1S/C17H22N6O.HI/c1-12-20-21-16(23(12)4)10-19-17(18-2)22(3)11-14-9-13-7-5-6-8-15(13)24-14;/h5-9H,10-11H2,1-4H3,(H,18,19);1H. The second-order valence-corrected chi connectivity index (χ2v) is 5.73. The Morgan fingerprint density at radius 3 is 2.72 bits per heavy atom. The van der Waals surface area contributed by atoms with E-state index in [0.29, 0.717) is 13.1 Å². The number of aryl methyl sites for hydroxylation is 1. The molecular weight excluding hydrogens is 431 g/mol. The van der Waals surface area contributed by atoms with E-state index in [4.69, 9.17) is 4.42 Å². The van der Waals surface area contributed by atoms with E-state index >= 15 is 0 Å². The Bertz CT molecular complexity index is 836. The van der Waals surface area contributed by atoms with Crippen molar-refractivity contribution in [3.63, 3.8) is 0 Å². The zero-order valence-corrected chi connectivity index (χ0v) is 17.2. The molecule has 0 bridgehead atoms. The van der Waals surface area contributed by atoms with Gasteiger partial charge in [-0.2, -0.15) is 0 Å². The highest BCUT2D eigenvalue weighted by Gasteiger charge is 2.12. The molecule has 7 nitrogen and oxygen atoms in total. The molecule has 0 atom stereocenters. The molecule has 8 heteroatoms. The van der Waals surface area contributed by atoms with Gasteiger partial charge >= 0.3 is 0 Å². The summed E-state index contributed by atoms with van der Waals surface area (Å²) in [5, 5.41) is 12.6. The molecule has 25 heavy (non-hydrogen) atoms. The number of nitrogens with zero attached hydrogens (tertiary/aromatic N) is 5. The molecule has 134 valence electrons. The highest BCUT2D eigenvalue weighted by atomic mass is 127. The van der Waals surface area contributed by atoms with Crippen LogP contribution in [-0.4, -0.2) is 39.7 Å². The third kappa shape index (κ3) is 4.30. The Labute approximate surface area is 164 Å². The van der Waals surface area contributed by atoms with Gasteiger partial charge in [-0.1, -0.05) is 18.2 Å². The minimum Gasteiger partial charge on any atom is -0.459 e. The highest BCUT2D eigenvalue weighted by molar-refractivity contribution is 14.0. The SMILES string of the molecule is CN=C(NCc1nnc(C)n1C)N(C)Cc1cc2ccccc2o1.I. The van der Waals surface area contributed by atoms with Crippen molar-refractivity contribution in [3.8, 4) is 0 Å². The fraction of sp³-hybridized carbons (Fsp3) is 0.353. The van der Waals surface area contributed by atoms with Gasteiger partial charge in [0.1, 0.15) is 17.2 Å². The van der Waals surface area contributed by atoms with Crippen molar-refractivity contribution < 1.29 is 4.42 Å². The molecule has 0 amide bonds. The van der Waals surface area contributed by atoms with Crippen molar-refractivity contribution in [3.05, 3.63) is 47.7 Å². The molecule has 0 saturated carbocycles. The van der Waals surface area contributed by atoms with E-state index < -0.39 is 0 Å². The number of benzene rings is 1. The maximum atomic E-state index is 5.87. The summed E-state index contributed by atoms with van der Waals surface area (Å²) < 4.78 is 7.83. The first-order chi connectivity index (χ1) is 11.6. The van der Waals surface area contributed by atoms with Crippen LogP contribution in [0.5, 0.6) is 0 Å². The molecule has 0 fully saturated rings. The Balaban J connectivity index is 0.00000225. The summed E-state index contributed by atoms with van der Waals surface area (Å²) in [7, 11) is 5.69. The quantitative estimate of drug-likeness (QED) is 0.373.